The minimum Gasteiger partial charge on any atom is -0.497 e. The van der Waals surface area contributed by atoms with Crippen molar-refractivity contribution in [3.8, 4) is 5.75 Å². The van der Waals surface area contributed by atoms with Crippen LogP contribution < -0.4 is 10.1 Å². The van der Waals surface area contributed by atoms with Crippen molar-refractivity contribution < 1.29 is 19.1 Å². The van der Waals surface area contributed by atoms with Gasteiger partial charge in [-0.1, -0.05) is 12.1 Å². The van der Waals surface area contributed by atoms with Crippen LogP contribution in [0.3, 0.4) is 0 Å². The first-order chi connectivity index (χ1) is 11.4. The Bertz CT molecular complexity index is 909. The van der Waals surface area contributed by atoms with E-state index in [1.54, 1.807) is 31.4 Å². The summed E-state index contributed by atoms with van der Waals surface area (Å²) in [5.74, 6) is 1.33. The van der Waals surface area contributed by atoms with E-state index in [1.165, 1.54) is 6.33 Å². The molecule has 8 heteroatoms. The summed E-state index contributed by atoms with van der Waals surface area (Å²) in [6.45, 7) is 0. The lowest BCUT2D eigenvalue weighted by Crippen LogP contribution is -1.97. The molecule has 7 nitrogen and oxygen atoms in total. The Hall–Kier alpha value is -2.47. The largest absolute Gasteiger partial charge is 0.497 e. The van der Waals surface area contributed by atoms with Crippen molar-refractivity contribution in [2.45, 2.75) is 6.16 Å². The Morgan fingerprint density at radius 1 is 1.12 bits per heavy atom. The summed E-state index contributed by atoms with van der Waals surface area (Å²) in [5.41, 5.74) is 2.11. The lowest BCUT2D eigenvalue weighted by atomic mass is 10.2. The Morgan fingerprint density at radius 3 is 2.54 bits per heavy atom. The molecule has 124 valence electrons. The number of nitrogens with one attached hydrogen (secondary N) is 1. The van der Waals surface area contributed by atoms with E-state index in [1.807, 2.05) is 18.2 Å². The number of rotatable bonds is 5. The van der Waals surface area contributed by atoms with Crippen LogP contribution in [0.4, 0.5) is 11.5 Å². The monoisotopic (exact) mass is 345 g/mol. The van der Waals surface area contributed by atoms with Crippen molar-refractivity contribution in [3.05, 3.63) is 54.4 Å². The summed E-state index contributed by atoms with van der Waals surface area (Å²) in [6.07, 6.45) is 1.19. The molecule has 3 rings (SSSR count). The van der Waals surface area contributed by atoms with Gasteiger partial charge in [0.2, 0.25) is 0 Å². The van der Waals surface area contributed by atoms with Gasteiger partial charge in [0.05, 0.1) is 18.8 Å². The first-order valence-electron chi connectivity index (χ1n) is 7.14. The van der Waals surface area contributed by atoms with Crippen LogP contribution >= 0.6 is 7.60 Å². The normalized spacial score (nSPS) is 11.5. The van der Waals surface area contributed by atoms with Gasteiger partial charge in [0.25, 0.3) is 0 Å². The zero-order chi connectivity index (χ0) is 17.2. The zero-order valence-electron chi connectivity index (χ0n) is 12.9. The number of nitrogens with zero attached hydrogens (tertiary/aromatic N) is 2. The summed E-state index contributed by atoms with van der Waals surface area (Å²) < 4.78 is 16.3. The van der Waals surface area contributed by atoms with E-state index >= 15 is 0 Å². The van der Waals surface area contributed by atoms with Crippen LogP contribution in [0.5, 0.6) is 5.75 Å². The molecule has 0 amide bonds. The van der Waals surface area contributed by atoms with Crippen molar-refractivity contribution in [1.82, 2.24) is 9.97 Å². The van der Waals surface area contributed by atoms with Crippen molar-refractivity contribution in [1.29, 1.82) is 0 Å². The van der Waals surface area contributed by atoms with Crippen molar-refractivity contribution >= 4 is 30.0 Å². The van der Waals surface area contributed by atoms with E-state index in [0.717, 1.165) is 16.6 Å². The van der Waals surface area contributed by atoms with Crippen LogP contribution in [0.2, 0.25) is 0 Å². The molecule has 0 atom stereocenters. The highest BCUT2D eigenvalue weighted by Crippen LogP contribution is 2.39. The topological polar surface area (TPSA) is 105 Å². The summed E-state index contributed by atoms with van der Waals surface area (Å²) in [6, 6.07) is 12.4. The maximum atomic E-state index is 11.0. The quantitative estimate of drug-likeness (QED) is 0.610. The minimum atomic E-state index is -4.07. The molecule has 0 radical (unpaired) electrons. The Balaban J connectivity index is 1.88. The third kappa shape index (κ3) is 3.89. The van der Waals surface area contributed by atoms with E-state index in [0.29, 0.717) is 17.1 Å². The molecule has 3 aromatic rings. The van der Waals surface area contributed by atoms with Crippen LogP contribution in [-0.2, 0) is 10.7 Å². The fourth-order valence-corrected chi connectivity index (χ4v) is 3.02. The van der Waals surface area contributed by atoms with Crippen molar-refractivity contribution in [2.75, 3.05) is 12.4 Å². The average Bonchev–Trinajstić information content (AvgIpc) is 2.55. The number of anilines is 2. The van der Waals surface area contributed by atoms with E-state index in [-0.39, 0.29) is 6.16 Å². The highest BCUT2D eigenvalue weighted by atomic mass is 31.2. The number of fused-ring (bicyclic) bond motifs is 1. The zero-order valence-corrected chi connectivity index (χ0v) is 13.8. The number of hydrogen-bond donors (Lipinski definition) is 3. The van der Waals surface area contributed by atoms with Gasteiger partial charge >= 0.3 is 7.60 Å². The molecule has 24 heavy (non-hydrogen) atoms. The minimum absolute atomic E-state index is 0.277. The van der Waals surface area contributed by atoms with Crippen LogP contribution in [0, 0.1) is 0 Å². The highest BCUT2D eigenvalue weighted by molar-refractivity contribution is 7.50. The SMILES string of the molecule is COc1ccc2ncnc(Nc3ccc(CP(=O)(O)O)cc3)c2c1. The fourth-order valence-electron chi connectivity index (χ4n) is 2.33. The predicted molar refractivity (Wildman–Crippen MR) is 91.6 cm³/mol. The number of methoxy groups -OCH3 is 1. The molecule has 0 saturated carbocycles. The van der Waals surface area contributed by atoms with Crippen LogP contribution in [0.25, 0.3) is 10.9 Å². The molecule has 0 aliphatic rings. The van der Waals surface area contributed by atoms with Gasteiger partial charge in [0.1, 0.15) is 17.9 Å². The number of ether oxygens (including phenoxy) is 1. The number of benzene rings is 2. The lowest BCUT2D eigenvalue weighted by molar-refractivity contribution is 0.371. The lowest BCUT2D eigenvalue weighted by Gasteiger charge is -2.10. The Morgan fingerprint density at radius 2 is 1.88 bits per heavy atom. The number of aromatic nitrogens is 2. The van der Waals surface area contributed by atoms with Crippen molar-refractivity contribution in [3.63, 3.8) is 0 Å². The Labute approximate surface area is 138 Å². The molecular weight excluding hydrogens is 329 g/mol. The Kier molecular flexibility index (Phi) is 4.49. The average molecular weight is 345 g/mol. The van der Waals surface area contributed by atoms with E-state index < -0.39 is 7.60 Å². The number of hydrogen-bond acceptors (Lipinski definition) is 5. The molecule has 1 aromatic heterocycles. The van der Waals surface area contributed by atoms with Crippen LogP contribution in [0.1, 0.15) is 5.56 Å². The standard InChI is InChI=1S/C16H16N3O4P/c1-23-13-6-7-15-14(8-13)16(18-10-17-15)19-12-4-2-11(3-5-12)9-24(20,21)22/h2-8,10H,9H2,1H3,(H,17,18,19)(H2,20,21,22). The first kappa shape index (κ1) is 16.4. The summed E-state index contributed by atoms with van der Waals surface area (Å²) >= 11 is 0. The van der Waals surface area contributed by atoms with Gasteiger partial charge in [-0.3, -0.25) is 4.57 Å². The summed E-state index contributed by atoms with van der Waals surface area (Å²) in [5, 5.41) is 4.00. The van der Waals surface area contributed by atoms with Gasteiger partial charge in [-0.2, -0.15) is 0 Å². The van der Waals surface area contributed by atoms with Gasteiger partial charge in [0.15, 0.2) is 0 Å². The fraction of sp³-hybridized carbons (Fsp3) is 0.125. The molecule has 0 saturated heterocycles. The molecule has 0 aliphatic carbocycles. The van der Waals surface area contributed by atoms with Crippen LogP contribution in [-0.4, -0.2) is 26.9 Å². The molecule has 0 fully saturated rings. The van der Waals surface area contributed by atoms with Gasteiger partial charge in [-0.05, 0) is 35.9 Å². The molecular formula is C16H16N3O4P. The molecule has 2 aromatic carbocycles. The van der Waals surface area contributed by atoms with Gasteiger partial charge in [0, 0.05) is 11.1 Å². The molecule has 0 aliphatic heterocycles. The van der Waals surface area contributed by atoms with Crippen molar-refractivity contribution in [2.24, 2.45) is 0 Å². The third-order valence-corrected chi connectivity index (χ3v) is 4.22. The second kappa shape index (κ2) is 6.57. The predicted octanol–water partition coefficient (Wildman–Crippen LogP) is 3.06. The third-order valence-electron chi connectivity index (χ3n) is 3.45. The molecule has 0 spiro atoms. The maximum absolute atomic E-state index is 11.0. The second-order valence-electron chi connectivity index (χ2n) is 5.25. The second-order valence-corrected chi connectivity index (χ2v) is 6.90. The highest BCUT2D eigenvalue weighted by Gasteiger charge is 2.13. The molecule has 3 N–H and O–H groups in total. The first-order valence-corrected chi connectivity index (χ1v) is 8.94. The van der Waals surface area contributed by atoms with Crippen LogP contribution in [0.15, 0.2) is 48.8 Å². The van der Waals surface area contributed by atoms with E-state index in [2.05, 4.69) is 15.3 Å². The van der Waals surface area contributed by atoms with E-state index in [9.17, 15) is 4.57 Å². The molecule has 0 bridgehead atoms. The summed E-state index contributed by atoms with van der Waals surface area (Å²) in [4.78, 5) is 26.5. The smallest absolute Gasteiger partial charge is 0.329 e. The maximum Gasteiger partial charge on any atom is 0.329 e. The van der Waals surface area contributed by atoms with Gasteiger partial charge < -0.3 is 19.8 Å². The van der Waals surface area contributed by atoms with Gasteiger partial charge in [-0.25, -0.2) is 9.97 Å². The molecule has 0 unspecified atom stereocenters. The van der Waals surface area contributed by atoms with E-state index in [4.69, 9.17) is 14.5 Å². The van der Waals surface area contributed by atoms with Gasteiger partial charge in [-0.15, -0.1) is 0 Å². The summed E-state index contributed by atoms with van der Waals surface area (Å²) in [7, 11) is -2.47. The molecule has 1 heterocycles.